The summed E-state index contributed by atoms with van der Waals surface area (Å²) in [5.74, 6) is -5.96. The number of carboxylic acid groups (broad SMARTS) is 2. The summed E-state index contributed by atoms with van der Waals surface area (Å²) in [6, 6.07) is 13.7. The molecule has 0 spiro atoms. The monoisotopic (exact) mass is 915 g/mol. The topological polar surface area (TPSA) is 256 Å². The molecule has 0 saturated carbocycles. The molecule has 3 rings (SSSR count). The highest BCUT2D eigenvalue weighted by Gasteiger charge is 2.40. The van der Waals surface area contributed by atoms with Gasteiger partial charge in [-0.15, -0.1) is 0 Å². The van der Waals surface area contributed by atoms with Crippen molar-refractivity contribution < 1.29 is 52.6 Å². The summed E-state index contributed by atoms with van der Waals surface area (Å²) in [5.41, 5.74) is 11.2. The molecule has 1 aromatic heterocycles. The van der Waals surface area contributed by atoms with E-state index in [0.29, 0.717) is 37.4 Å². The first-order valence-electron chi connectivity index (χ1n) is 20.8. The Balaban J connectivity index is 0.000000489. The van der Waals surface area contributed by atoms with Gasteiger partial charge < -0.3 is 47.1 Å². The van der Waals surface area contributed by atoms with E-state index >= 15 is 0 Å². The van der Waals surface area contributed by atoms with Crippen molar-refractivity contribution in [3.8, 4) is 11.1 Å². The van der Waals surface area contributed by atoms with Gasteiger partial charge in [0.2, 0.25) is 29.5 Å². The molecule has 3 aromatic rings. The highest BCUT2D eigenvalue weighted by atomic mass is 32.2. The number of carboxylic acids is 2. The zero-order chi connectivity index (χ0) is 48.4. The molecular weight excluding hydrogens is 853 g/mol. The van der Waals surface area contributed by atoms with Gasteiger partial charge >= 0.3 is 11.9 Å². The van der Waals surface area contributed by atoms with Gasteiger partial charge in [0.15, 0.2) is 0 Å². The predicted octanol–water partition coefficient (Wildman–Crippen LogP) is 4.30. The number of nitrogens with two attached hydrogens (primary N) is 2. The summed E-state index contributed by atoms with van der Waals surface area (Å²) in [6.07, 6.45) is 2.43. The van der Waals surface area contributed by atoms with Gasteiger partial charge in [-0.2, -0.15) is 11.8 Å². The number of thioether (sulfide) groups is 1. The van der Waals surface area contributed by atoms with Crippen LogP contribution in [0.5, 0.6) is 0 Å². The van der Waals surface area contributed by atoms with Crippen LogP contribution in [0.2, 0.25) is 0 Å². The second-order valence-electron chi connectivity index (χ2n) is 16.7. The molecule has 3 unspecified atom stereocenters. The fourth-order valence-electron chi connectivity index (χ4n) is 6.48. The van der Waals surface area contributed by atoms with Gasteiger partial charge in [0.25, 0.3) is 0 Å². The molecule has 9 N–H and O–H groups in total. The van der Waals surface area contributed by atoms with E-state index in [4.69, 9.17) is 21.7 Å². The lowest BCUT2D eigenvalue weighted by molar-refractivity contribution is -0.155. The molecule has 0 fully saturated rings. The molecule has 3 atom stereocenters. The smallest absolute Gasteiger partial charge is 0.318 e. The summed E-state index contributed by atoms with van der Waals surface area (Å²) in [7, 11) is 0. The summed E-state index contributed by atoms with van der Waals surface area (Å²) in [5, 5.41) is 25.0. The number of carbonyl (C=O) groups excluding carboxylic acids is 5. The van der Waals surface area contributed by atoms with Crippen LogP contribution in [0.1, 0.15) is 85.0 Å². The molecule has 64 heavy (non-hydrogen) atoms. The van der Waals surface area contributed by atoms with Crippen LogP contribution in [0, 0.1) is 28.4 Å². The van der Waals surface area contributed by atoms with Crippen molar-refractivity contribution in [3.63, 3.8) is 0 Å². The Labute approximate surface area is 377 Å². The molecule has 0 aliphatic heterocycles. The second-order valence-corrected chi connectivity index (χ2v) is 17.8. The Bertz CT molecular complexity index is 2080. The van der Waals surface area contributed by atoms with Crippen LogP contribution in [-0.2, 0) is 40.1 Å². The summed E-state index contributed by atoms with van der Waals surface area (Å²) < 4.78 is 31.0. The van der Waals surface area contributed by atoms with Crippen LogP contribution in [0.3, 0.4) is 0 Å². The van der Waals surface area contributed by atoms with Crippen molar-refractivity contribution in [2.24, 2.45) is 28.2 Å². The molecule has 19 heteroatoms. The second kappa shape index (κ2) is 25.5. The third-order valence-electron chi connectivity index (χ3n) is 10.2. The van der Waals surface area contributed by atoms with E-state index < -0.39 is 76.7 Å². The van der Waals surface area contributed by atoms with Gasteiger partial charge in [0.05, 0.1) is 31.3 Å². The Morgan fingerprint density at radius 1 is 0.922 bits per heavy atom. The van der Waals surface area contributed by atoms with Gasteiger partial charge in [-0.3, -0.25) is 33.6 Å². The minimum atomic E-state index is -1.64. The van der Waals surface area contributed by atoms with Crippen LogP contribution < -0.4 is 27.4 Å². The Hall–Kier alpha value is -5.82. The number of hydrogen-bond acceptors (Lipinski definition) is 9. The van der Waals surface area contributed by atoms with Gasteiger partial charge in [-0.05, 0) is 67.5 Å². The third-order valence-corrected chi connectivity index (χ3v) is 11.1. The zero-order valence-electron chi connectivity index (χ0n) is 37.5. The van der Waals surface area contributed by atoms with Gasteiger partial charge in [0.1, 0.15) is 23.1 Å². The normalized spacial score (nSPS) is 13.0. The average Bonchev–Trinajstić information content (AvgIpc) is 3.63. The number of nitrogens with one attached hydrogen (secondary N) is 3. The van der Waals surface area contributed by atoms with Crippen molar-refractivity contribution in [3.05, 3.63) is 83.7 Å². The first kappa shape index (κ1) is 54.3. The Morgan fingerprint density at radius 3 is 2.12 bits per heavy atom. The number of rotatable bonds is 23. The lowest BCUT2D eigenvalue weighted by Gasteiger charge is -2.41. The molecule has 352 valence electrons. The van der Waals surface area contributed by atoms with E-state index in [1.165, 1.54) is 24.8 Å². The van der Waals surface area contributed by atoms with Crippen LogP contribution in [0.4, 0.5) is 8.78 Å². The molecule has 0 saturated heterocycles. The van der Waals surface area contributed by atoms with Crippen LogP contribution in [0.25, 0.3) is 11.1 Å². The maximum atomic E-state index is 14.8. The molecule has 0 radical (unpaired) electrons. The molecule has 2 aromatic carbocycles. The predicted molar refractivity (Wildman–Crippen MR) is 241 cm³/mol. The van der Waals surface area contributed by atoms with Crippen molar-refractivity contribution in [1.82, 2.24) is 25.4 Å². The minimum absolute atomic E-state index is 0.0219. The van der Waals surface area contributed by atoms with Gasteiger partial charge in [-0.1, -0.05) is 71.9 Å². The molecule has 1 heterocycles. The molecule has 0 aliphatic rings. The fraction of sp³-hybridized carbons (Fsp3) is 0.489. The van der Waals surface area contributed by atoms with Crippen molar-refractivity contribution >= 4 is 53.2 Å². The van der Waals surface area contributed by atoms with Crippen LogP contribution in [0.15, 0.2) is 60.8 Å². The Morgan fingerprint density at radius 2 is 1.58 bits per heavy atom. The van der Waals surface area contributed by atoms with E-state index in [1.807, 2.05) is 72.8 Å². The average molecular weight is 916 g/mol. The van der Waals surface area contributed by atoms with E-state index in [-0.39, 0.29) is 42.5 Å². The van der Waals surface area contributed by atoms with Crippen LogP contribution in [-0.4, -0.2) is 105 Å². The first-order valence-corrected chi connectivity index (χ1v) is 22.0. The van der Waals surface area contributed by atoms with E-state index in [9.17, 15) is 42.3 Å². The number of nitrogens with zero attached hydrogens (tertiary/aromatic N) is 2. The first-order chi connectivity index (χ1) is 30.0. The lowest BCUT2D eigenvalue weighted by Crippen LogP contribution is -2.54. The largest absolute Gasteiger partial charge is 0.481 e. The molecular formula is C45H63F2N7O9S. The number of aromatic nitrogens is 1. The molecule has 0 bridgehead atoms. The SMILES string of the molecule is CC(C)(C)C(c1cc(-c2cc(F)ccc2F)cn1Cc1ccccc1)N(CCCN)C(=O)CSCCC(=O)O.CCC(C)(C(=O)O)C(=O)NCC(=O)NC(C(=O)NCC(N)=O)C(C)C. The maximum Gasteiger partial charge on any atom is 0.318 e. The van der Waals surface area contributed by atoms with Gasteiger partial charge in [0, 0.05) is 41.9 Å². The van der Waals surface area contributed by atoms with Gasteiger partial charge in [-0.25, -0.2) is 8.78 Å². The van der Waals surface area contributed by atoms with Crippen molar-refractivity contribution in [2.75, 3.05) is 37.7 Å². The highest BCUT2D eigenvalue weighted by molar-refractivity contribution is 7.99. The minimum Gasteiger partial charge on any atom is -0.481 e. The van der Waals surface area contributed by atoms with E-state index in [1.54, 1.807) is 20.8 Å². The number of carbonyl (C=O) groups is 7. The summed E-state index contributed by atoms with van der Waals surface area (Å²) in [6.45, 7) is 12.8. The van der Waals surface area contributed by atoms with Crippen LogP contribution >= 0.6 is 11.8 Å². The van der Waals surface area contributed by atoms with E-state index in [0.717, 1.165) is 23.4 Å². The number of primary amides is 1. The number of amides is 5. The number of halogens is 2. The van der Waals surface area contributed by atoms with E-state index in [2.05, 4.69) is 16.0 Å². The zero-order valence-corrected chi connectivity index (χ0v) is 38.4. The molecule has 0 aliphatic carbocycles. The number of aliphatic carboxylic acids is 2. The Kier molecular flexibility index (Phi) is 21.6. The lowest BCUT2D eigenvalue weighted by atomic mass is 9.83. The van der Waals surface area contributed by atoms with Crippen molar-refractivity contribution in [1.29, 1.82) is 0 Å². The maximum absolute atomic E-state index is 14.8. The molecule has 16 nitrogen and oxygen atoms in total. The van der Waals surface area contributed by atoms with Crippen molar-refractivity contribution in [2.45, 2.75) is 86.4 Å². The quantitative estimate of drug-likeness (QED) is 0.0522. The summed E-state index contributed by atoms with van der Waals surface area (Å²) in [4.78, 5) is 84.1. The fourth-order valence-corrected chi connectivity index (χ4v) is 7.29. The summed E-state index contributed by atoms with van der Waals surface area (Å²) >= 11 is 1.29. The number of benzene rings is 2. The number of hydrogen-bond donors (Lipinski definition) is 7. The molecule has 5 amide bonds. The standard InChI is InChI=1S/C30H37F2N3O3S.C15H26N4O6/c1-30(2,3)29(35(14-7-13-33)27(36)20-39-15-12-28(37)38)26-16-22(24-17-23(31)10-11-25(24)32)19-34(26)18-21-8-5-4-6-9-21;1-5-15(4,14(24)25)13(23)18-7-10(21)19-11(8(2)3)12(22)17-6-9(16)20/h4-6,8-11,16-17,19,29H,7,12-15,18,20,33H2,1-3H3,(H,37,38);8,11H,5-7H2,1-4H3,(H2,16,20)(H,17,22)(H,18,23)(H,19,21)(H,24,25). The highest BCUT2D eigenvalue weighted by Crippen LogP contribution is 2.41. The third kappa shape index (κ3) is 16.7.